The smallest absolute Gasteiger partial charge is 0.317 e. The quantitative estimate of drug-likeness (QED) is 0.828. The van der Waals surface area contributed by atoms with Crippen molar-refractivity contribution in [2.24, 2.45) is 16.7 Å². The predicted octanol–water partition coefficient (Wildman–Crippen LogP) is 2.07. The van der Waals surface area contributed by atoms with E-state index in [-0.39, 0.29) is 11.9 Å². The zero-order valence-corrected chi connectivity index (χ0v) is 12.2. The van der Waals surface area contributed by atoms with Gasteiger partial charge in [0.15, 0.2) is 0 Å². The van der Waals surface area contributed by atoms with Crippen LogP contribution in [0.1, 0.15) is 45.4 Å². The first-order valence-electron chi connectivity index (χ1n) is 7.71. The van der Waals surface area contributed by atoms with E-state index in [1.54, 1.807) is 4.90 Å². The minimum Gasteiger partial charge on any atom is -0.481 e. The number of rotatable bonds is 4. The third kappa shape index (κ3) is 2.27. The van der Waals surface area contributed by atoms with Crippen LogP contribution in [0.4, 0.5) is 4.79 Å². The number of nitrogens with zero attached hydrogens (tertiary/aromatic N) is 1. The van der Waals surface area contributed by atoms with Crippen molar-refractivity contribution in [3.8, 4) is 0 Å². The molecule has 2 aliphatic carbocycles. The zero-order valence-electron chi connectivity index (χ0n) is 12.2. The molecule has 112 valence electrons. The van der Waals surface area contributed by atoms with Gasteiger partial charge in [-0.1, -0.05) is 13.3 Å². The monoisotopic (exact) mass is 280 g/mol. The van der Waals surface area contributed by atoms with Crippen molar-refractivity contribution in [1.29, 1.82) is 0 Å². The fourth-order valence-corrected chi connectivity index (χ4v) is 3.84. The molecule has 0 aromatic heterocycles. The van der Waals surface area contributed by atoms with Crippen LogP contribution in [-0.4, -0.2) is 41.6 Å². The number of likely N-dealkylation sites (tertiary alicyclic amines) is 1. The van der Waals surface area contributed by atoms with Gasteiger partial charge in [-0.25, -0.2) is 4.79 Å². The van der Waals surface area contributed by atoms with Crippen LogP contribution in [0, 0.1) is 16.7 Å². The van der Waals surface area contributed by atoms with E-state index in [0.29, 0.717) is 25.0 Å². The molecule has 5 nitrogen and oxygen atoms in total. The topological polar surface area (TPSA) is 69.6 Å². The molecule has 0 aromatic rings. The maximum atomic E-state index is 12.2. The molecule has 2 N–H and O–H groups in total. The zero-order chi connectivity index (χ0) is 14.4. The highest BCUT2D eigenvalue weighted by Crippen LogP contribution is 2.49. The summed E-state index contributed by atoms with van der Waals surface area (Å²) in [7, 11) is 0. The van der Waals surface area contributed by atoms with Gasteiger partial charge in [-0.2, -0.15) is 0 Å². The van der Waals surface area contributed by atoms with Crippen molar-refractivity contribution in [3.05, 3.63) is 0 Å². The number of carboxylic acids is 1. The third-order valence-corrected chi connectivity index (χ3v) is 5.69. The summed E-state index contributed by atoms with van der Waals surface area (Å²) in [5.41, 5.74) is -0.225. The summed E-state index contributed by atoms with van der Waals surface area (Å²) in [6, 6.07) is -0.0794. The van der Waals surface area contributed by atoms with Crippen molar-refractivity contribution < 1.29 is 14.7 Å². The second-order valence-electron chi connectivity index (χ2n) is 7.22. The van der Waals surface area contributed by atoms with E-state index in [1.807, 2.05) is 0 Å². The lowest BCUT2D eigenvalue weighted by atomic mass is 9.81. The van der Waals surface area contributed by atoms with Gasteiger partial charge in [0, 0.05) is 19.6 Å². The average Bonchev–Trinajstić information content (AvgIpc) is 2.85. The first-order chi connectivity index (χ1) is 9.45. The molecule has 0 unspecified atom stereocenters. The standard InChI is InChI=1S/C15H24N2O3/c1-14(5-6-14)7-8-16-13(20)17-9-11-3-2-4-15(11,10-17)12(18)19/h11H,2-10H2,1H3,(H,16,20)(H,18,19)/t11-,15+/m0/s1. The first-order valence-corrected chi connectivity index (χ1v) is 7.71. The molecule has 2 saturated carbocycles. The number of carboxylic acid groups (broad SMARTS) is 1. The molecule has 1 heterocycles. The molecule has 2 atom stereocenters. The average molecular weight is 280 g/mol. The van der Waals surface area contributed by atoms with E-state index in [9.17, 15) is 14.7 Å². The number of urea groups is 1. The number of fused-ring (bicyclic) bond motifs is 1. The van der Waals surface area contributed by atoms with Crippen molar-refractivity contribution in [2.75, 3.05) is 19.6 Å². The van der Waals surface area contributed by atoms with Gasteiger partial charge in [0.25, 0.3) is 0 Å². The van der Waals surface area contributed by atoms with E-state index in [0.717, 1.165) is 25.7 Å². The molecule has 0 spiro atoms. The maximum absolute atomic E-state index is 12.2. The van der Waals surface area contributed by atoms with E-state index in [2.05, 4.69) is 12.2 Å². The van der Waals surface area contributed by atoms with Crippen molar-refractivity contribution in [3.63, 3.8) is 0 Å². The van der Waals surface area contributed by atoms with Crippen molar-refractivity contribution in [1.82, 2.24) is 10.2 Å². The number of hydrogen-bond donors (Lipinski definition) is 2. The molecule has 0 bridgehead atoms. The van der Waals surface area contributed by atoms with E-state index in [1.165, 1.54) is 12.8 Å². The Bertz CT molecular complexity index is 433. The fourth-order valence-electron chi connectivity index (χ4n) is 3.84. The normalized spacial score (nSPS) is 33.9. The number of amides is 2. The van der Waals surface area contributed by atoms with Gasteiger partial charge in [0.1, 0.15) is 0 Å². The van der Waals surface area contributed by atoms with E-state index < -0.39 is 11.4 Å². The Morgan fingerprint density at radius 2 is 2.10 bits per heavy atom. The summed E-state index contributed by atoms with van der Waals surface area (Å²) in [6.07, 6.45) is 6.18. The first kappa shape index (κ1) is 13.7. The number of carbonyl (C=O) groups is 2. The lowest BCUT2D eigenvalue weighted by molar-refractivity contribution is -0.149. The van der Waals surface area contributed by atoms with Crippen molar-refractivity contribution in [2.45, 2.75) is 45.4 Å². The second-order valence-corrected chi connectivity index (χ2v) is 7.22. The van der Waals surface area contributed by atoms with Crippen LogP contribution in [0.25, 0.3) is 0 Å². The van der Waals surface area contributed by atoms with E-state index in [4.69, 9.17) is 0 Å². The summed E-state index contributed by atoms with van der Waals surface area (Å²) >= 11 is 0. The number of nitrogens with one attached hydrogen (secondary N) is 1. The molecular weight excluding hydrogens is 256 g/mol. The Morgan fingerprint density at radius 3 is 2.70 bits per heavy atom. The van der Waals surface area contributed by atoms with Crippen molar-refractivity contribution >= 4 is 12.0 Å². The summed E-state index contributed by atoms with van der Waals surface area (Å²) in [5, 5.41) is 12.5. The summed E-state index contributed by atoms with van der Waals surface area (Å²) in [5.74, 6) is -0.576. The fraction of sp³-hybridized carbons (Fsp3) is 0.867. The van der Waals surface area contributed by atoms with Gasteiger partial charge in [-0.05, 0) is 43.4 Å². The van der Waals surface area contributed by atoms with Crippen LogP contribution >= 0.6 is 0 Å². The minimum atomic E-state index is -0.721. The molecule has 1 saturated heterocycles. The molecule has 2 amide bonds. The predicted molar refractivity (Wildman–Crippen MR) is 74.3 cm³/mol. The highest BCUT2D eigenvalue weighted by Gasteiger charge is 2.55. The largest absolute Gasteiger partial charge is 0.481 e. The molecule has 0 aromatic carbocycles. The Labute approximate surface area is 119 Å². The Morgan fingerprint density at radius 1 is 1.35 bits per heavy atom. The van der Waals surface area contributed by atoms with Gasteiger partial charge in [0.05, 0.1) is 5.41 Å². The molecule has 3 aliphatic rings. The van der Waals surface area contributed by atoms with Crippen LogP contribution in [0.15, 0.2) is 0 Å². The van der Waals surface area contributed by atoms with Gasteiger partial charge in [0.2, 0.25) is 0 Å². The van der Waals surface area contributed by atoms with Crippen LogP contribution < -0.4 is 5.32 Å². The molecule has 3 fully saturated rings. The SMILES string of the molecule is CC1(CCNC(=O)N2C[C@@H]3CCC[C@@]3(C(=O)O)C2)CC1. The van der Waals surface area contributed by atoms with E-state index >= 15 is 0 Å². The highest BCUT2D eigenvalue weighted by molar-refractivity contribution is 5.80. The lowest BCUT2D eigenvalue weighted by Gasteiger charge is -2.23. The van der Waals surface area contributed by atoms with Gasteiger partial charge < -0.3 is 15.3 Å². The number of carbonyl (C=O) groups excluding carboxylic acids is 1. The van der Waals surface area contributed by atoms with Crippen LogP contribution in [0.3, 0.4) is 0 Å². The minimum absolute atomic E-state index is 0.0794. The van der Waals surface area contributed by atoms with Crippen LogP contribution in [-0.2, 0) is 4.79 Å². The third-order valence-electron chi connectivity index (χ3n) is 5.69. The Hall–Kier alpha value is -1.26. The lowest BCUT2D eigenvalue weighted by Crippen LogP contribution is -2.42. The highest BCUT2D eigenvalue weighted by atomic mass is 16.4. The number of hydrogen-bond acceptors (Lipinski definition) is 2. The summed E-state index contributed by atoms with van der Waals surface area (Å²) in [6.45, 7) is 3.95. The maximum Gasteiger partial charge on any atom is 0.317 e. The molecule has 20 heavy (non-hydrogen) atoms. The molecule has 5 heteroatoms. The molecular formula is C15H24N2O3. The van der Waals surface area contributed by atoms with Gasteiger partial charge in [-0.3, -0.25) is 4.79 Å². The Balaban J connectivity index is 1.53. The molecule has 3 rings (SSSR count). The summed E-state index contributed by atoms with van der Waals surface area (Å²) < 4.78 is 0. The van der Waals surface area contributed by atoms with Crippen LogP contribution in [0.2, 0.25) is 0 Å². The number of aliphatic carboxylic acids is 1. The summed E-state index contributed by atoms with van der Waals surface area (Å²) in [4.78, 5) is 25.5. The molecule has 0 radical (unpaired) electrons. The van der Waals surface area contributed by atoms with Gasteiger partial charge in [-0.15, -0.1) is 0 Å². The van der Waals surface area contributed by atoms with Crippen LogP contribution in [0.5, 0.6) is 0 Å². The molecule has 1 aliphatic heterocycles. The van der Waals surface area contributed by atoms with Gasteiger partial charge >= 0.3 is 12.0 Å². The Kier molecular flexibility index (Phi) is 3.18. The second kappa shape index (κ2) is 4.64.